The van der Waals surface area contributed by atoms with Gasteiger partial charge in [0.05, 0.1) is 45.2 Å². The van der Waals surface area contributed by atoms with E-state index in [4.69, 9.17) is 23.7 Å². The number of amides is 1. The Morgan fingerprint density at radius 3 is 2.57 bits per heavy atom. The van der Waals surface area contributed by atoms with Crippen LogP contribution >= 0.6 is 0 Å². The molecule has 1 amide bonds. The van der Waals surface area contributed by atoms with E-state index in [-0.39, 0.29) is 17.1 Å². The van der Waals surface area contributed by atoms with Crippen LogP contribution in [0.1, 0.15) is 16.9 Å². The third-order valence-corrected chi connectivity index (χ3v) is 7.56. The summed E-state index contributed by atoms with van der Waals surface area (Å²) in [4.78, 5) is 23.9. The van der Waals surface area contributed by atoms with Gasteiger partial charge in [-0.2, -0.15) is 0 Å². The Bertz CT molecular complexity index is 1820. The van der Waals surface area contributed by atoms with Crippen molar-refractivity contribution in [2.75, 3.05) is 59.0 Å². The number of fused-ring (bicyclic) bond motifs is 1. The molecule has 1 saturated heterocycles. The van der Waals surface area contributed by atoms with E-state index in [1.54, 1.807) is 55.4 Å². The number of nitrogens with one attached hydrogen (secondary N) is 1. The number of morpholine rings is 1. The number of imidazole rings is 1. The number of aromatic nitrogens is 3. The maximum atomic E-state index is 15.2. The summed E-state index contributed by atoms with van der Waals surface area (Å²) in [6, 6.07) is 16.8. The van der Waals surface area contributed by atoms with Gasteiger partial charge in [-0.25, -0.2) is 9.37 Å². The molecule has 0 atom stereocenters. The molecule has 0 aliphatic carbocycles. The first-order chi connectivity index (χ1) is 22.5. The molecule has 0 bridgehead atoms. The molecule has 46 heavy (non-hydrogen) atoms. The van der Waals surface area contributed by atoms with E-state index in [1.807, 2.05) is 24.3 Å². The van der Waals surface area contributed by atoms with Crippen molar-refractivity contribution in [1.82, 2.24) is 19.4 Å². The second-order valence-electron chi connectivity index (χ2n) is 10.5. The van der Waals surface area contributed by atoms with Crippen molar-refractivity contribution in [1.29, 1.82) is 0 Å². The number of hydrogen-bond acceptors (Lipinski definition) is 9. The summed E-state index contributed by atoms with van der Waals surface area (Å²) in [6.07, 6.45) is 5.54. The fourth-order valence-corrected chi connectivity index (χ4v) is 5.17. The second kappa shape index (κ2) is 14.3. The number of pyridine rings is 1. The van der Waals surface area contributed by atoms with Crippen LogP contribution in [0.4, 0.5) is 10.1 Å². The van der Waals surface area contributed by atoms with E-state index >= 15 is 4.39 Å². The van der Waals surface area contributed by atoms with E-state index in [0.29, 0.717) is 40.5 Å². The Kier molecular flexibility index (Phi) is 9.56. The monoisotopic (exact) mass is 627 g/mol. The first-order valence-corrected chi connectivity index (χ1v) is 14.9. The molecule has 5 aromatic rings. The zero-order chi connectivity index (χ0) is 31.9. The van der Waals surface area contributed by atoms with Gasteiger partial charge in [0, 0.05) is 55.2 Å². The predicted molar refractivity (Wildman–Crippen MR) is 170 cm³/mol. The van der Waals surface area contributed by atoms with Gasteiger partial charge in [-0.05, 0) is 42.8 Å². The largest absolute Gasteiger partial charge is 0.495 e. The number of methoxy groups -OCH3 is 2. The van der Waals surface area contributed by atoms with Crippen molar-refractivity contribution in [2.24, 2.45) is 0 Å². The van der Waals surface area contributed by atoms with Gasteiger partial charge in [0.2, 0.25) is 0 Å². The molecule has 1 aliphatic rings. The second-order valence-corrected chi connectivity index (χ2v) is 10.5. The fraction of sp³-hybridized carbons (Fsp3) is 0.265. The molecule has 1 fully saturated rings. The Morgan fingerprint density at radius 1 is 0.935 bits per heavy atom. The van der Waals surface area contributed by atoms with Crippen molar-refractivity contribution < 1.29 is 32.9 Å². The molecule has 1 N–H and O–H groups in total. The third-order valence-electron chi connectivity index (χ3n) is 7.56. The standard InChI is InChI=1S/C34H34FN5O6/c1-42-31-7-4-3-6-28(31)40-21-27(37-22-40)34(41)38-23-8-9-30(25(35)18-23)46-29-10-11-36-26-20-33(32(43-2)19-24(26)29)45-15-5-12-39-13-16-44-17-14-39/h3-4,6-11,18-22H,5,12-17H2,1-2H3,(H,38,41). The quantitative estimate of drug-likeness (QED) is 0.174. The lowest BCUT2D eigenvalue weighted by molar-refractivity contribution is 0.0357. The van der Waals surface area contributed by atoms with Crippen LogP contribution in [-0.4, -0.2) is 79.0 Å². The number of para-hydroxylation sites is 2. The molecule has 2 aromatic heterocycles. The average Bonchev–Trinajstić information content (AvgIpc) is 3.59. The first kappa shape index (κ1) is 30.8. The summed E-state index contributed by atoms with van der Waals surface area (Å²) in [5.74, 6) is 0.938. The van der Waals surface area contributed by atoms with Gasteiger partial charge in [0.1, 0.15) is 23.5 Å². The summed E-state index contributed by atoms with van der Waals surface area (Å²) >= 11 is 0. The number of halogens is 1. The Labute approximate surface area is 265 Å². The Balaban J connectivity index is 1.12. The number of rotatable bonds is 12. The van der Waals surface area contributed by atoms with E-state index in [2.05, 4.69) is 20.2 Å². The molecule has 12 heteroatoms. The minimum absolute atomic E-state index is 0.0200. The molecule has 0 radical (unpaired) electrons. The summed E-state index contributed by atoms with van der Waals surface area (Å²) < 4.78 is 45.3. The minimum Gasteiger partial charge on any atom is -0.495 e. The van der Waals surface area contributed by atoms with Gasteiger partial charge in [-0.1, -0.05) is 12.1 Å². The van der Waals surface area contributed by atoms with E-state index in [0.717, 1.165) is 45.0 Å². The molecule has 0 unspecified atom stereocenters. The number of ether oxygens (including phenoxy) is 5. The number of carbonyl (C=O) groups excluding carboxylic acids is 1. The first-order valence-electron chi connectivity index (χ1n) is 14.9. The summed E-state index contributed by atoms with van der Waals surface area (Å²) in [6.45, 7) is 4.84. The molecule has 0 saturated carbocycles. The molecule has 1 aliphatic heterocycles. The molecule has 3 heterocycles. The number of nitrogens with zero attached hydrogens (tertiary/aromatic N) is 4. The van der Waals surface area contributed by atoms with Crippen LogP contribution in [0.2, 0.25) is 0 Å². The van der Waals surface area contributed by atoms with Crippen molar-refractivity contribution in [3.05, 3.63) is 90.9 Å². The fourth-order valence-electron chi connectivity index (χ4n) is 5.17. The van der Waals surface area contributed by atoms with Gasteiger partial charge in [-0.15, -0.1) is 0 Å². The van der Waals surface area contributed by atoms with Crippen LogP contribution in [-0.2, 0) is 4.74 Å². The smallest absolute Gasteiger partial charge is 0.275 e. The molecule has 3 aromatic carbocycles. The zero-order valence-electron chi connectivity index (χ0n) is 25.6. The lowest BCUT2D eigenvalue weighted by atomic mass is 10.1. The number of benzene rings is 3. The van der Waals surface area contributed by atoms with Crippen LogP contribution in [0.25, 0.3) is 16.6 Å². The van der Waals surface area contributed by atoms with Crippen LogP contribution in [0.5, 0.6) is 28.7 Å². The highest BCUT2D eigenvalue weighted by molar-refractivity contribution is 6.02. The van der Waals surface area contributed by atoms with Gasteiger partial charge in [-0.3, -0.25) is 14.7 Å². The van der Waals surface area contributed by atoms with Crippen molar-refractivity contribution in [3.8, 4) is 34.4 Å². The summed E-state index contributed by atoms with van der Waals surface area (Å²) in [5, 5.41) is 3.31. The van der Waals surface area contributed by atoms with Gasteiger partial charge in [0.25, 0.3) is 5.91 Å². The topological polar surface area (TPSA) is 109 Å². The molecular weight excluding hydrogens is 593 g/mol. The highest BCUT2D eigenvalue weighted by Gasteiger charge is 2.17. The Hall–Kier alpha value is -5.20. The average molecular weight is 628 g/mol. The van der Waals surface area contributed by atoms with Crippen LogP contribution in [0.15, 0.2) is 79.4 Å². The lowest BCUT2D eigenvalue weighted by Crippen LogP contribution is -2.37. The minimum atomic E-state index is -0.658. The van der Waals surface area contributed by atoms with E-state index in [1.165, 1.54) is 18.5 Å². The normalized spacial score (nSPS) is 13.4. The lowest BCUT2D eigenvalue weighted by Gasteiger charge is -2.26. The van der Waals surface area contributed by atoms with Crippen molar-refractivity contribution >= 4 is 22.5 Å². The number of anilines is 1. The van der Waals surface area contributed by atoms with Gasteiger partial charge in [0.15, 0.2) is 23.1 Å². The zero-order valence-corrected chi connectivity index (χ0v) is 25.6. The summed E-state index contributed by atoms with van der Waals surface area (Å²) in [7, 11) is 3.13. The highest BCUT2D eigenvalue weighted by Crippen LogP contribution is 2.38. The van der Waals surface area contributed by atoms with Crippen LogP contribution in [0, 0.1) is 5.82 Å². The molecule has 238 valence electrons. The summed E-state index contributed by atoms with van der Waals surface area (Å²) in [5.41, 5.74) is 1.74. The maximum Gasteiger partial charge on any atom is 0.275 e. The van der Waals surface area contributed by atoms with Crippen LogP contribution in [0.3, 0.4) is 0 Å². The predicted octanol–water partition coefficient (Wildman–Crippen LogP) is 5.72. The Morgan fingerprint density at radius 2 is 1.76 bits per heavy atom. The molecular formula is C34H34FN5O6. The number of carbonyl (C=O) groups is 1. The molecule has 11 nitrogen and oxygen atoms in total. The number of hydrogen-bond donors (Lipinski definition) is 1. The van der Waals surface area contributed by atoms with Gasteiger partial charge < -0.3 is 33.6 Å². The van der Waals surface area contributed by atoms with Crippen molar-refractivity contribution in [2.45, 2.75) is 6.42 Å². The van der Waals surface area contributed by atoms with Crippen LogP contribution < -0.4 is 24.3 Å². The SMILES string of the molecule is COc1cc2c(Oc3ccc(NC(=O)c4cn(-c5ccccc5OC)cn4)cc3F)ccnc2cc1OCCCN1CCOCC1. The third kappa shape index (κ3) is 7.03. The van der Waals surface area contributed by atoms with E-state index in [9.17, 15) is 4.79 Å². The van der Waals surface area contributed by atoms with Gasteiger partial charge >= 0.3 is 0 Å². The van der Waals surface area contributed by atoms with Crippen molar-refractivity contribution in [3.63, 3.8) is 0 Å². The molecule has 6 rings (SSSR count). The maximum absolute atomic E-state index is 15.2. The van der Waals surface area contributed by atoms with E-state index < -0.39 is 11.7 Å². The molecule has 0 spiro atoms. The highest BCUT2D eigenvalue weighted by atomic mass is 19.1.